The van der Waals surface area contributed by atoms with E-state index in [1.54, 1.807) is 23.6 Å². The molecule has 0 spiro atoms. The SMILES string of the molecule is CN(C)/C=N/c1nc2c(nc(C#Cc3ccc4ccc5c(C#Cc6ccccc6)ccc6ccc3c4c65)n2[C@H]2C[C@H](O)[C@@H](CO)O2)c(=O)[nH]1. The third kappa shape index (κ3) is 5.44. The van der Waals surface area contributed by atoms with Gasteiger partial charge in [0.15, 0.2) is 17.0 Å². The molecule has 0 unspecified atom stereocenters. The lowest BCUT2D eigenvalue weighted by Gasteiger charge is -2.15. The minimum atomic E-state index is -0.915. The van der Waals surface area contributed by atoms with E-state index in [4.69, 9.17) is 4.74 Å². The second kappa shape index (κ2) is 12.2. The maximum atomic E-state index is 13.2. The van der Waals surface area contributed by atoms with E-state index in [0.717, 1.165) is 49.0 Å². The number of aromatic amines is 1. The fourth-order valence-corrected chi connectivity index (χ4v) is 6.41. The first-order valence-corrected chi connectivity index (χ1v) is 15.8. The Morgan fingerprint density at radius 1 is 0.918 bits per heavy atom. The number of aliphatic imine (C=N–C) groups is 1. The number of nitrogens with zero attached hydrogens (tertiary/aromatic N) is 5. The molecule has 0 aliphatic carbocycles. The van der Waals surface area contributed by atoms with Gasteiger partial charge in [-0.3, -0.25) is 14.3 Å². The van der Waals surface area contributed by atoms with E-state index in [0.29, 0.717) is 0 Å². The average Bonchev–Trinajstić information content (AvgIpc) is 3.68. The van der Waals surface area contributed by atoms with Crippen LogP contribution in [-0.2, 0) is 4.74 Å². The van der Waals surface area contributed by atoms with Crippen molar-refractivity contribution in [1.82, 2.24) is 24.4 Å². The van der Waals surface area contributed by atoms with Crippen molar-refractivity contribution < 1.29 is 14.9 Å². The Bertz CT molecular complexity index is 2600. The summed E-state index contributed by atoms with van der Waals surface area (Å²) in [6.45, 7) is -0.361. The number of aliphatic hydroxyl groups is 2. The first-order chi connectivity index (χ1) is 23.9. The summed E-state index contributed by atoms with van der Waals surface area (Å²) in [4.78, 5) is 31.0. The van der Waals surface area contributed by atoms with E-state index in [2.05, 4.69) is 86.1 Å². The number of hydrogen-bond acceptors (Lipinski definition) is 7. The van der Waals surface area contributed by atoms with Crippen LogP contribution in [0, 0.1) is 23.7 Å². The van der Waals surface area contributed by atoms with Crippen LogP contribution in [0.5, 0.6) is 0 Å². The highest BCUT2D eigenvalue weighted by Gasteiger charge is 2.37. The molecule has 1 aliphatic heterocycles. The molecule has 3 atom stereocenters. The molecule has 5 aromatic carbocycles. The average molecular weight is 647 g/mol. The van der Waals surface area contributed by atoms with E-state index < -0.39 is 24.0 Å². The zero-order valence-corrected chi connectivity index (χ0v) is 26.7. The largest absolute Gasteiger partial charge is 0.394 e. The molecule has 2 aromatic heterocycles. The number of aromatic nitrogens is 4. The summed E-state index contributed by atoms with van der Waals surface area (Å²) in [5.41, 5.74) is 2.48. The number of hydrogen-bond donors (Lipinski definition) is 3. The van der Waals surface area contributed by atoms with Gasteiger partial charge in [0.2, 0.25) is 5.95 Å². The molecule has 8 rings (SSSR count). The summed E-state index contributed by atoms with van der Waals surface area (Å²) in [5.74, 6) is 13.5. The van der Waals surface area contributed by atoms with E-state index in [1.165, 1.54) is 6.34 Å². The molecule has 0 amide bonds. The van der Waals surface area contributed by atoms with Crippen molar-refractivity contribution in [1.29, 1.82) is 0 Å². The summed E-state index contributed by atoms with van der Waals surface area (Å²) in [5, 5.41) is 26.8. The minimum Gasteiger partial charge on any atom is -0.394 e. The second-order valence-electron chi connectivity index (χ2n) is 12.2. The molecule has 0 saturated carbocycles. The van der Waals surface area contributed by atoms with E-state index in [1.807, 2.05) is 36.4 Å². The Hall–Kier alpha value is -6.04. The number of rotatable bonds is 4. The minimum absolute atomic E-state index is 0.0677. The van der Waals surface area contributed by atoms with Gasteiger partial charge in [-0.25, -0.2) is 9.98 Å². The molecule has 1 saturated heterocycles. The standard InChI is InChI=1S/C39H30N6O4/c1-44(2)22-40-39-42-37-36(38(48)43-39)41-32(45(37)33-20-30(47)31(21-46)49-33)19-16-25-11-13-27-14-17-28-24(9-8-23-6-4-3-5-7-23)10-12-26-15-18-29(25)35(27)34(26)28/h3-7,10-15,17-18,22,30-31,33,46-47H,20-21H2,1-2H3,(H,42,43,48)/b40-22+/t30-,31+,33+/m0/s1. The van der Waals surface area contributed by atoms with Crippen LogP contribution in [0.3, 0.4) is 0 Å². The van der Waals surface area contributed by atoms with Gasteiger partial charge in [-0.05, 0) is 62.5 Å². The van der Waals surface area contributed by atoms with Gasteiger partial charge in [0.05, 0.1) is 19.0 Å². The van der Waals surface area contributed by atoms with Crippen LogP contribution in [0.15, 0.2) is 88.6 Å². The summed E-state index contributed by atoms with van der Waals surface area (Å²) >= 11 is 0. The maximum absolute atomic E-state index is 13.2. The molecule has 10 heteroatoms. The molecule has 240 valence electrons. The summed E-state index contributed by atoms with van der Waals surface area (Å²) in [6.07, 6.45) is -0.795. The van der Waals surface area contributed by atoms with Crippen LogP contribution in [-0.4, -0.2) is 73.9 Å². The van der Waals surface area contributed by atoms with Gasteiger partial charge in [-0.15, -0.1) is 0 Å². The molecule has 3 heterocycles. The Balaban J connectivity index is 1.28. The van der Waals surface area contributed by atoms with Crippen molar-refractivity contribution in [3.8, 4) is 23.7 Å². The van der Waals surface area contributed by atoms with Gasteiger partial charge >= 0.3 is 0 Å². The van der Waals surface area contributed by atoms with Gasteiger partial charge in [0.25, 0.3) is 5.56 Å². The molecule has 7 aromatic rings. The van der Waals surface area contributed by atoms with E-state index in [-0.39, 0.29) is 36.0 Å². The number of aliphatic hydroxyl groups excluding tert-OH is 2. The topological polar surface area (TPSA) is 129 Å². The maximum Gasteiger partial charge on any atom is 0.280 e. The number of fused-ring (bicyclic) bond motifs is 1. The molecule has 1 aliphatic rings. The normalized spacial score (nSPS) is 17.6. The van der Waals surface area contributed by atoms with Gasteiger partial charge < -0.3 is 19.8 Å². The van der Waals surface area contributed by atoms with Crippen LogP contribution in [0.25, 0.3) is 43.5 Å². The Kier molecular flexibility index (Phi) is 7.55. The quantitative estimate of drug-likeness (QED) is 0.110. The van der Waals surface area contributed by atoms with Crippen molar-refractivity contribution in [2.24, 2.45) is 4.99 Å². The second-order valence-corrected chi connectivity index (χ2v) is 12.2. The number of benzene rings is 5. The Morgan fingerprint density at radius 2 is 1.57 bits per heavy atom. The number of nitrogens with one attached hydrogen (secondary N) is 1. The van der Waals surface area contributed by atoms with Gasteiger partial charge in [0.1, 0.15) is 12.3 Å². The zero-order chi connectivity index (χ0) is 33.6. The van der Waals surface area contributed by atoms with Crippen LogP contribution < -0.4 is 5.56 Å². The third-order valence-corrected chi connectivity index (χ3v) is 8.71. The van der Waals surface area contributed by atoms with Gasteiger partial charge in [0, 0.05) is 37.2 Å². The van der Waals surface area contributed by atoms with Crippen LogP contribution in [0.4, 0.5) is 5.95 Å². The summed E-state index contributed by atoms with van der Waals surface area (Å²) in [7, 11) is 3.61. The first kappa shape index (κ1) is 30.3. The van der Waals surface area contributed by atoms with Gasteiger partial charge in [-0.2, -0.15) is 4.98 Å². The van der Waals surface area contributed by atoms with Gasteiger partial charge in [-0.1, -0.05) is 72.4 Å². The Morgan fingerprint density at radius 3 is 2.20 bits per heavy atom. The third-order valence-electron chi connectivity index (χ3n) is 8.71. The van der Waals surface area contributed by atoms with Crippen LogP contribution in [0.2, 0.25) is 0 Å². The van der Waals surface area contributed by atoms with Crippen LogP contribution in [0.1, 0.15) is 35.2 Å². The molecule has 49 heavy (non-hydrogen) atoms. The molecule has 3 N–H and O–H groups in total. The highest BCUT2D eigenvalue weighted by molar-refractivity contribution is 6.24. The fraction of sp³-hybridized carbons (Fsp3) is 0.179. The Labute approximate surface area is 280 Å². The lowest BCUT2D eigenvalue weighted by Crippen LogP contribution is -2.24. The number of ether oxygens (including phenoxy) is 1. The molecular weight excluding hydrogens is 616 g/mol. The fourth-order valence-electron chi connectivity index (χ4n) is 6.41. The summed E-state index contributed by atoms with van der Waals surface area (Å²) < 4.78 is 7.61. The van der Waals surface area contributed by atoms with E-state index >= 15 is 0 Å². The van der Waals surface area contributed by atoms with Crippen molar-refractivity contribution in [3.63, 3.8) is 0 Å². The predicted octanol–water partition coefficient (Wildman–Crippen LogP) is 4.68. The number of imidazole rings is 1. The van der Waals surface area contributed by atoms with Crippen molar-refractivity contribution >= 4 is 55.8 Å². The lowest BCUT2D eigenvalue weighted by molar-refractivity contribution is -0.0434. The lowest BCUT2D eigenvalue weighted by atomic mass is 9.90. The molecule has 1 fully saturated rings. The molecule has 0 bridgehead atoms. The zero-order valence-electron chi connectivity index (χ0n) is 26.7. The van der Waals surface area contributed by atoms with E-state index in [9.17, 15) is 15.0 Å². The smallest absolute Gasteiger partial charge is 0.280 e. The van der Waals surface area contributed by atoms with Crippen molar-refractivity contribution in [3.05, 3.63) is 112 Å². The van der Waals surface area contributed by atoms with Crippen LogP contribution >= 0.6 is 0 Å². The molecule has 10 nitrogen and oxygen atoms in total. The summed E-state index contributed by atoms with van der Waals surface area (Å²) in [6, 6.07) is 26.6. The monoisotopic (exact) mass is 646 g/mol. The predicted molar refractivity (Wildman–Crippen MR) is 190 cm³/mol. The van der Waals surface area contributed by atoms with Crippen molar-refractivity contribution in [2.75, 3.05) is 20.7 Å². The highest BCUT2D eigenvalue weighted by atomic mass is 16.5. The molecular formula is C39H30N6O4. The first-order valence-electron chi connectivity index (χ1n) is 15.8. The van der Waals surface area contributed by atoms with Crippen molar-refractivity contribution in [2.45, 2.75) is 24.9 Å². The number of H-pyrrole nitrogens is 1. The highest BCUT2D eigenvalue weighted by Crippen LogP contribution is 2.37. The molecule has 0 radical (unpaired) electrons.